The molecule has 0 spiro atoms. The van der Waals surface area contributed by atoms with Crippen molar-refractivity contribution in [2.75, 3.05) is 0 Å². The second kappa shape index (κ2) is 3.49. The van der Waals surface area contributed by atoms with Gasteiger partial charge in [0.25, 0.3) is 0 Å². The maximum Gasteiger partial charge on any atom is 0.165 e. The molecule has 0 aromatic heterocycles. The Balaban J connectivity index is 3.21. The zero-order valence-corrected chi connectivity index (χ0v) is 8.22. The molecule has 1 atom stereocenters. The monoisotopic (exact) mass is 188 g/mol. The van der Waals surface area contributed by atoms with Gasteiger partial charge in [0.1, 0.15) is 0 Å². The molecule has 66 valence electrons. The maximum atomic E-state index is 12.8. The van der Waals surface area contributed by atoms with E-state index in [4.69, 9.17) is 0 Å². The van der Waals surface area contributed by atoms with Gasteiger partial charge in [-0.1, -0.05) is 13.8 Å². The summed E-state index contributed by atoms with van der Waals surface area (Å²) >= 11 is 0. The number of hydrogen-bond acceptors (Lipinski definition) is 0. The fraction of sp³-hybridized carbons (Fsp3) is 0.333. The van der Waals surface area contributed by atoms with Crippen LogP contribution in [-0.2, 0) is 0 Å². The first-order valence-corrected chi connectivity index (χ1v) is 4.34. The maximum absolute atomic E-state index is 12.8. The van der Waals surface area contributed by atoms with Gasteiger partial charge in [-0.05, 0) is 23.6 Å². The van der Waals surface area contributed by atoms with Gasteiger partial charge in [-0.25, -0.2) is 8.78 Å². The van der Waals surface area contributed by atoms with E-state index in [1.54, 1.807) is 6.07 Å². The van der Waals surface area contributed by atoms with Gasteiger partial charge in [0.15, 0.2) is 11.6 Å². The van der Waals surface area contributed by atoms with E-state index in [0.717, 1.165) is 5.56 Å². The molecule has 0 fully saturated rings. The lowest BCUT2D eigenvalue weighted by Crippen LogP contribution is -2.05. The first kappa shape index (κ1) is 9.60. The minimum atomic E-state index is -0.774. The van der Waals surface area contributed by atoms with Crippen molar-refractivity contribution in [2.24, 2.45) is 0 Å². The van der Waals surface area contributed by atoms with E-state index in [1.807, 2.05) is 13.8 Å². The quantitative estimate of drug-likeness (QED) is 0.594. The first-order valence-electron chi connectivity index (χ1n) is 3.76. The Morgan fingerprint density at radius 3 is 2.25 bits per heavy atom. The third-order valence-electron chi connectivity index (χ3n) is 1.75. The molecular weight excluding hydrogens is 177 g/mol. The zero-order valence-electron chi connectivity index (χ0n) is 7.07. The number of halogens is 2. The van der Waals surface area contributed by atoms with Crippen molar-refractivity contribution >= 4 is 14.5 Å². The lowest BCUT2D eigenvalue weighted by Gasteiger charge is -2.07. The smallest absolute Gasteiger partial charge is 0.165 e. The van der Waals surface area contributed by atoms with E-state index in [0.29, 0.717) is 5.30 Å². The molecule has 0 aliphatic carbocycles. The molecule has 3 heteroatoms. The fourth-order valence-electron chi connectivity index (χ4n) is 0.965. The van der Waals surface area contributed by atoms with Crippen molar-refractivity contribution in [1.29, 1.82) is 0 Å². The SMILES string of the molecule is CC(C)c1cc(F)c(F)c(P)c1. The van der Waals surface area contributed by atoms with Crippen molar-refractivity contribution in [2.45, 2.75) is 19.8 Å². The van der Waals surface area contributed by atoms with Crippen LogP contribution in [0, 0.1) is 11.6 Å². The summed E-state index contributed by atoms with van der Waals surface area (Å²) in [5.41, 5.74) is 0.818. The Bertz CT molecular complexity index is 272. The lowest BCUT2D eigenvalue weighted by atomic mass is 10.0. The topological polar surface area (TPSA) is 0 Å². The molecule has 0 radical (unpaired) electrons. The van der Waals surface area contributed by atoms with Crippen LogP contribution >= 0.6 is 9.24 Å². The van der Waals surface area contributed by atoms with Gasteiger partial charge < -0.3 is 0 Å². The van der Waals surface area contributed by atoms with E-state index in [-0.39, 0.29) is 5.92 Å². The highest BCUT2D eigenvalue weighted by Crippen LogP contribution is 2.17. The molecule has 0 heterocycles. The molecule has 0 aliphatic rings. The molecule has 0 nitrogen and oxygen atoms in total. The summed E-state index contributed by atoms with van der Waals surface area (Å²) in [6.45, 7) is 3.88. The van der Waals surface area contributed by atoms with Crippen LogP contribution in [-0.4, -0.2) is 0 Å². The predicted octanol–water partition coefficient (Wildman–Crippen LogP) is 2.59. The van der Waals surface area contributed by atoms with Gasteiger partial charge in [0, 0.05) is 5.30 Å². The van der Waals surface area contributed by atoms with Crippen LogP contribution in [0.25, 0.3) is 0 Å². The zero-order chi connectivity index (χ0) is 9.30. The van der Waals surface area contributed by atoms with Gasteiger partial charge in [-0.3, -0.25) is 0 Å². The van der Waals surface area contributed by atoms with Gasteiger partial charge in [0.05, 0.1) is 0 Å². The Kier molecular flexibility index (Phi) is 2.79. The third-order valence-corrected chi connectivity index (χ3v) is 2.17. The molecule has 12 heavy (non-hydrogen) atoms. The van der Waals surface area contributed by atoms with Gasteiger partial charge in [-0.2, -0.15) is 0 Å². The normalized spacial score (nSPS) is 10.8. The Morgan fingerprint density at radius 2 is 1.83 bits per heavy atom. The molecule has 0 saturated carbocycles. The van der Waals surface area contributed by atoms with Gasteiger partial charge in [-0.15, -0.1) is 9.24 Å². The van der Waals surface area contributed by atoms with Gasteiger partial charge >= 0.3 is 0 Å². The lowest BCUT2D eigenvalue weighted by molar-refractivity contribution is 0.512. The van der Waals surface area contributed by atoms with E-state index in [1.165, 1.54) is 6.07 Å². The highest BCUT2D eigenvalue weighted by Gasteiger charge is 2.08. The summed E-state index contributed by atoms with van der Waals surface area (Å²) in [5.74, 6) is -1.32. The molecule has 0 N–H and O–H groups in total. The second-order valence-corrected chi connectivity index (χ2v) is 3.68. The standard InChI is InChI=1S/C9H11F2P/c1-5(2)6-3-7(10)9(11)8(12)4-6/h3-5H,12H2,1-2H3. The van der Waals surface area contributed by atoms with Crippen LogP contribution in [0.15, 0.2) is 12.1 Å². The highest BCUT2D eigenvalue weighted by atomic mass is 31.0. The highest BCUT2D eigenvalue weighted by molar-refractivity contribution is 7.27. The number of rotatable bonds is 1. The van der Waals surface area contributed by atoms with E-state index in [2.05, 4.69) is 9.24 Å². The fourth-order valence-corrected chi connectivity index (χ4v) is 1.30. The second-order valence-electron chi connectivity index (χ2n) is 3.06. The summed E-state index contributed by atoms with van der Waals surface area (Å²) in [7, 11) is 2.19. The Hall–Kier alpha value is -0.490. The molecule has 1 rings (SSSR count). The third kappa shape index (κ3) is 1.81. The van der Waals surface area contributed by atoms with Gasteiger partial charge in [0.2, 0.25) is 0 Å². The summed E-state index contributed by atoms with van der Waals surface area (Å²) in [5, 5.41) is 0.290. The first-order chi connectivity index (χ1) is 5.52. The van der Waals surface area contributed by atoms with Crippen LogP contribution in [0.5, 0.6) is 0 Å². The Labute approximate surface area is 73.2 Å². The van der Waals surface area contributed by atoms with E-state index in [9.17, 15) is 8.78 Å². The van der Waals surface area contributed by atoms with Crippen LogP contribution in [0.1, 0.15) is 25.3 Å². The largest absolute Gasteiger partial charge is 0.204 e. The van der Waals surface area contributed by atoms with Crippen molar-refractivity contribution in [3.63, 3.8) is 0 Å². The van der Waals surface area contributed by atoms with Crippen LogP contribution < -0.4 is 5.30 Å². The van der Waals surface area contributed by atoms with Crippen molar-refractivity contribution in [1.82, 2.24) is 0 Å². The minimum absolute atomic E-state index is 0.222. The van der Waals surface area contributed by atoms with Crippen LogP contribution in [0.3, 0.4) is 0 Å². The summed E-state index contributed by atoms with van der Waals surface area (Å²) < 4.78 is 25.6. The average Bonchev–Trinajstić information content (AvgIpc) is 1.99. The average molecular weight is 188 g/mol. The Morgan fingerprint density at radius 1 is 1.25 bits per heavy atom. The molecule has 0 bridgehead atoms. The van der Waals surface area contributed by atoms with Crippen LogP contribution in [0.2, 0.25) is 0 Å². The summed E-state index contributed by atoms with van der Waals surface area (Å²) in [6.07, 6.45) is 0. The molecule has 0 saturated heterocycles. The minimum Gasteiger partial charge on any atom is -0.204 e. The van der Waals surface area contributed by atoms with Crippen molar-refractivity contribution in [3.8, 4) is 0 Å². The van der Waals surface area contributed by atoms with Crippen molar-refractivity contribution in [3.05, 3.63) is 29.3 Å². The van der Waals surface area contributed by atoms with Crippen LogP contribution in [0.4, 0.5) is 8.78 Å². The van der Waals surface area contributed by atoms with E-state index >= 15 is 0 Å². The summed E-state index contributed by atoms with van der Waals surface area (Å²) in [4.78, 5) is 0. The number of hydrogen-bond donors (Lipinski definition) is 0. The number of benzene rings is 1. The van der Waals surface area contributed by atoms with E-state index < -0.39 is 11.6 Å². The molecule has 0 aliphatic heterocycles. The molecule has 0 amide bonds. The predicted molar refractivity (Wildman–Crippen MR) is 49.8 cm³/mol. The summed E-state index contributed by atoms with van der Waals surface area (Å²) in [6, 6.07) is 2.89. The molecular formula is C9H11F2P. The van der Waals surface area contributed by atoms with Crippen molar-refractivity contribution < 1.29 is 8.78 Å². The molecule has 1 aromatic rings. The molecule has 1 aromatic carbocycles. The molecule has 1 unspecified atom stereocenters.